The zero-order valence-corrected chi connectivity index (χ0v) is 50.4. The maximum atomic E-state index is 15.0. The molecule has 2 aromatic rings. The molecule has 1 amide bonds. The zero-order valence-electron chi connectivity index (χ0n) is 49.6. The predicted molar refractivity (Wildman–Crippen MR) is 300 cm³/mol. The van der Waals surface area contributed by atoms with E-state index >= 15 is 0 Å². The minimum Gasteiger partial charge on any atom is -0.459 e. The molecule has 3 heterocycles. The van der Waals surface area contributed by atoms with E-state index in [9.17, 15) is 34.8 Å². The van der Waals surface area contributed by atoms with Gasteiger partial charge in [0.15, 0.2) is 18.7 Å². The second-order valence-corrected chi connectivity index (χ2v) is 27.2. The molecule has 3 aliphatic heterocycles. The largest absolute Gasteiger partial charge is 0.459 e. The van der Waals surface area contributed by atoms with Crippen LogP contribution in [0.15, 0.2) is 48.5 Å². The summed E-state index contributed by atoms with van der Waals surface area (Å²) in [6.45, 7) is 22.4. The molecule has 0 spiro atoms. The number of alkyl carbamates (subject to hydrolysis) is 1. The van der Waals surface area contributed by atoms with Gasteiger partial charge in [0, 0.05) is 48.5 Å². The highest BCUT2D eigenvalue weighted by Gasteiger charge is 2.69. The van der Waals surface area contributed by atoms with Crippen LogP contribution in [0.2, 0.25) is 0 Å². The van der Waals surface area contributed by atoms with Crippen molar-refractivity contribution in [2.75, 3.05) is 47.2 Å². The topological polar surface area (TPSA) is 224 Å². The fraction of sp³-hybridized carbons (Fsp3) is 0.750. The van der Waals surface area contributed by atoms with Crippen molar-refractivity contribution >= 4 is 29.8 Å². The average Bonchev–Trinajstić information content (AvgIpc) is 4.26. The van der Waals surface area contributed by atoms with Gasteiger partial charge in [-0.3, -0.25) is 4.79 Å². The number of methoxy groups -OCH3 is 1. The van der Waals surface area contributed by atoms with Gasteiger partial charge in [0.25, 0.3) is 0 Å². The van der Waals surface area contributed by atoms with Crippen LogP contribution in [0.4, 0.5) is 4.79 Å². The molecule has 3 saturated heterocycles. The summed E-state index contributed by atoms with van der Waals surface area (Å²) in [4.78, 5) is 47.5. The number of likely N-dealkylation sites (N-methyl/N-ethyl adjacent to an activating group) is 2. The van der Waals surface area contributed by atoms with E-state index in [1.54, 1.807) is 34.6 Å². The number of ether oxygens (including phenoxy) is 8. The van der Waals surface area contributed by atoms with Gasteiger partial charge >= 0.3 is 18.0 Å². The van der Waals surface area contributed by atoms with Gasteiger partial charge in [-0.15, -0.1) is 0 Å². The zero-order chi connectivity index (χ0) is 58.3. The maximum Gasteiger partial charge on any atom is 0.407 e. The maximum absolute atomic E-state index is 15.0. The molecule has 0 unspecified atom stereocenters. The lowest BCUT2D eigenvalue weighted by atomic mass is 9.78. The number of esters is 2. The monoisotopic (exact) mass is 1130 g/mol. The van der Waals surface area contributed by atoms with Gasteiger partial charge in [0.2, 0.25) is 0 Å². The molecular formula is C60H93N3O15S. The van der Waals surface area contributed by atoms with Gasteiger partial charge in [-0.05, 0) is 117 Å². The fourth-order valence-corrected chi connectivity index (χ4v) is 13.8. The number of thioether (sulfide) groups is 1. The van der Waals surface area contributed by atoms with Crippen molar-refractivity contribution in [3.63, 3.8) is 0 Å². The van der Waals surface area contributed by atoms with Crippen molar-refractivity contribution in [2.24, 2.45) is 17.8 Å². The number of rotatable bonds is 14. The lowest BCUT2D eigenvalue weighted by molar-refractivity contribution is -0.321. The number of hydrogen-bond donors (Lipinski definition) is 5. The quantitative estimate of drug-likeness (QED) is 0.0987. The fourth-order valence-electron chi connectivity index (χ4n) is 12.9. The van der Waals surface area contributed by atoms with Crippen molar-refractivity contribution in [2.45, 2.75) is 222 Å². The molecule has 18 nitrogen and oxygen atoms in total. The van der Waals surface area contributed by atoms with Crippen molar-refractivity contribution in [3.05, 3.63) is 59.7 Å². The molecular weight excluding hydrogens is 1030 g/mol. The Morgan fingerprint density at radius 3 is 2.13 bits per heavy atom. The van der Waals surface area contributed by atoms with Gasteiger partial charge in [-0.2, -0.15) is 11.8 Å². The smallest absolute Gasteiger partial charge is 0.407 e. The molecule has 7 rings (SSSR count). The number of hydrogen-bond acceptors (Lipinski definition) is 18. The van der Waals surface area contributed by atoms with Crippen molar-refractivity contribution < 1.29 is 72.7 Å². The van der Waals surface area contributed by atoms with Crippen molar-refractivity contribution in [1.82, 2.24) is 15.1 Å². The second kappa shape index (κ2) is 24.8. The third-order valence-corrected chi connectivity index (χ3v) is 19.0. The highest BCUT2D eigenvalue weighted by molar-refractivity contribution is 8.00. The highest BCUT2D eigenvalue weighted by atomic mass is 32.2. The summed E-state index contributed by atoms with van der Waals surface area (Å²) in [6, 6.07) is 13.9. The van der Waals surface area contributed by atoms with Gasteiger partial charge in [0.1, 0.15) is 36.6 Å². The Kier molecular flexibility index (Phi) is 19.8. The molecule has 0 bridgehead atoms. The summed E-state index contributed by atoms with van der Waals surface area (Å²) in [5, 5.41) is 51.1. The first kappa shape index (κ1) is 63.1. The molecule has 444 valence electrons. The molecule has 4 fully saturated rings. The van der Waals surface area contributed by atoms with Crippen LogP contribution in [0.1, 0.15) is 132 Å². The summed E-state index contributed by atoms with van der Waals surface area (Å²) >= 11 is 1.48. The number of carbonyl (C=O) groups excluding carboxylic acids is 3. The summed E-state index contributed by atoms with van der Waals surface area (Å²) in [5.74, 6) is -3.56. The van der Waals surface area contributed by atoms with Crippen LogP contribution in [-0.4, -0.2) is 196 Å². The minimum absolute atomic E-state index is 0.0414. The minimum atomic E-state index is -1.86. The third-order valence-electron chi connectivity index (χ3n) is 17.7. The summed E-state index contributed by atoms with van der Waals surface area (Å²) in [6.07, 6.45) is -9.12. The number of benzene rings is 2. The molecule has 19 atom stereocenters. The third kappa shape index (κ3) is 13.8. The van der Waals surface area contributed by atoms with Crippen molar-refractivity contribution in [3.8, 4) is 11.1 Å². The SMILES string of the molecule is CC[C@H]1OC(=O)[C@@H]2C[C@]2(O[C@H]2C[C@@](C)(OC)[C@@H](O)[C@H](C)O2)[C@H](C)[C@@H](O[C@@H]2O[C@H](C)C[C@H](N(C)C)[C@H]2OC(=O)[C@H](CSC(C)(C)C)NC(=O)OCC2c3ccccc3-c3ccccc32)[C@](C)(O)C[C@@H](C)CN(C)[C@H](C)[C@@H](O)[C@]1(C)O. The first-order chi connectivity index (χ1) is 36.9. The van der Waals surface area contributed by atoms with Crippen LogP contribution >= 0.6 is 11.8 Å². The molecule has 5 aliphatic rings. The number of nitrogens with one attached hydrogen (secondary N) is 1. The summed E-state index contributed by atoms with van der Waals surface area (Å²) in [5.41, 5.74) is -1.84. The molecule has 0 aromatic heterocycles. The average molecular weight is 1130 g/mol. The summed E-state index contributed by atoms with van der Waals surface area (Å²) < 4.78 is 51.7. The molecule has 2 aliphatic carbocycles. The van der Waals surface area contributed by atoms with Crippen LogP contribution < -0.4 is 5.32 Å². The van der Waals surface area contributed by atoms with E-state index < -0.39 is 126 Å². The first-order valence-corrected chi connectivity index (χ1v) is 29.4. The number of aliphatic hydroxyl groups is 4. The van der Waals surface area contributed by atoms with Crippen LogP contribution in [0, 0.1) is 17.8 Å². The number of fused-ring (bicyclic) bond motifs is 4. The van der Waals surface area contributed by atoms with Crippen LogP contribution in [0.5, 0.6) is 0 Å². The van der Waals surface area contributed by atoms with Crippen LogP contribution in [-0.2, 0) is 47.5 Å². The Labute approximate surface area is 473 Å². The van der Waals surface area contributed by atoms with Gasteiger partial charge < -0.3 is 73.4 Å². The van der Waals surface area contributed by atoms with Crippen LogP contribution in [0.25, 0.3) is 11.1 Å². The number of carbonyl (C=O) groups is 3. The van der Waals surface area contributed by atoms with E-state index in [2.05, 4.69) is 17.4 Å². The molecule has 0 radical (unpaired) electrons. The predicted octanol–water partition coefficient (Wildman–Crippen LogP) is 6.64. The summed E-state index contributed by atoms with van der Waals surface area (Å²) in [7, 11) is 7.09. The highest BCUT2D eigenvalue weighted by Crippen LogP contribution is 2.58. The molecule has 2 aromatic carbocycles. The Bertz CT molecular complexity index is 2380. The Morgan fingerprint density at radius 1 is 0.924 bits per heavy atom. The van der Waals surface area contributed by atoms with E-state index in [-0.39, 0.29) is 54.6 Å². The molecule has 19 heteroatoms. The number of aliphatic hydroxyl groups excluding tert-OH is 2. The Balaban J connectivity index is 1.23. The van der Waals surface area contributed by atoms with Gasteiger partial charge in [-0.1, -0.05) is 90.1 Å². The standard InChI is InChI=1S/C60H93N3O15S/c1-17-46-59(12,70)49(64)36(5)63(15)30-33(2)27-57(10,69)51(35(4)60(28-43(60)52(66)75-46)78-47-29-58(11,71-16)50(65)37(6)74-47)77-54-48(45(62(13)14)26-34(3)73-54)76-53(67)44(32-79-56(7,8)9)61-55(68)72-31-42-40-24-20-18-22-38(40)39-23-19-21-25-41(39)42/h18-25,33-37,42-51,54,64-65,69-70H,17,26-32H2,1-16H3,(H,61,68)/t33-,34-,35-,36-,37+,43+,44+,45+,46-,47+,48-,49-,50+,51-,54+,57-,58-,59-,60+/m1/s1. The number of nitrogens with zero attached hydrogens (tertiary/aromatic N) is 2. The van der Waals surface area contributed by atoms with Gasteiger partial charge in [-0.25, -0.2) is 9.59 Å². The Morgan fingerprint density at radius 2 is 1.54 bits per heavy atom. The number of amides is 1. The van der Waals surface area contributed by atoms with E-state index in [1.807, 2.05) is 109 Å². The first-order valence-electron chi connectivity index (χ1n) is 28.4. The lowest BCUT2D eigenvalue weighted by Crippen LogP contribution is -2.61. The van der Waals surface area contributed by atoms with E-state index in [1.165, 1.54) is 25.8 Å². The molecule has 79 heavy (non-hydrogen) atoms. The normalized spacial score (nSPS) is 39.0. The Hall–Kier alpha value is -3.44. The lowest BCUT2D eigenvalue weighted by Gasteiger charge is -2.49. The van der Waals surface area contributed by atoms with Crippen LogP contribution in [0.3, 0.4) is 0 Å². The van der Waals surface area contributed by atoms with Gasteiger partial charge in [0.05, 0.1) is 47.1 Å². The second-order valence-electron chi connectivity index (χ2n) is 25.4. The van der Waals surface area contributed by atoms with E-state index in [0.29, 0.717) is 13.0 Å². The van der Waals surface area contributed by atoms with E-state index in [4.69, 9.17) is 37.9 Å². The number of cyclic esters (lactones) is 1. The molecule has 1 saturated carbocycles. The molecule has 5 N–H and O–H groups in total. The van der Waals surface area contributed by atoms with Crippen molar-refractivity contribution in [1.29, 1.82) is 0 Å². The van der Waals surface area contributed by atoms with E-state index in [0.717, 1.165) is 22.3 Å².